The highest BCUT2D eigenvalue weighted by Gasteiger charge is 2.70. The number of carboxylic acid groups (broad SMARTS) is 1. The molecule has 0 bridgehead atoms. The molecule has 2 heterocycles. The lowest BCUT2D eigenvalue weighted by Gasteiger charge is -2.50. The Balaban J connectivity index is 1.36. The molecule has 8 rings (SSSR count). The van der Waals surface area contributed by atoms with Gasteiger partial charge in [0.1, 0.15) is 11.3 Å². The van der Waals surface area contributed by atoms with Crippen LogP contribution in [-0.4, -0.2) is 52.0 Å². The summed E-state index contributed by atoms with van der Waals surface area (Å²) >= 11 is 9.92. The smallest absolute Gasteiger partial charge is 0.339 e. The van der Waals surface area contributed by atoms with Gasteiger partial charge in [-0.05, 0) is 66.8 Å². The molecular weight excluding hydrogens is 768 g/mol. The second-order valence-electron chi connectivity index (χ2n) is 13.7. The molecule has 0 radical (unpaired) electrons. The van der Waals surface area contributed by atoms with Crippen LogP contribution in [-0.2, 0) is 24.6 Å². The molecule has 4 aromatic rings. The number of amides is 4. The molecule has 53 heavy (non-hydrogen) atoms. The molecule has 4 aliphatic rings. The van der Waals surface area contributed by atoms with Gasteiger partial charge in [-0.3, -0.25) is 19.2 Å². The van der Waals surface area contributed by atoms with Gasteiger partial charge in [0.2, 0.25) is 23.6 Å². The van der Waals surface area contributed by atoms with Gasteiger partial charge in [-0.15, -0.1) is 0 Å². The quantitative estimate of drug-likeness (QED) is 0.145. The summed E-state index contributed by atoms with van der Waals surface area (Å²) in [6, 6.07) is 22.1. The topological polar surface area (TPSA) is 162 Å². The largest absolute Gasteiger partial charge is 0.507 e. The monoisotopic (exact) mass is 796 g/mol. The Bertz CT molecular complexity index is 2310. The van der Waals surface area contributed by atoms with Crippen molar-refractivity contribution >= 4 is 68.5 Å². The Morgan fingerprint density at radius 1 is 0.868 bits per heavy atom. The molecule has 6 unspecified atom stereocenters. The first-order valence-corrected chi connectivity index (χ1v) is 18.0. The molecule has 3 N–H and O–H groups in total. The Labute approximate surface area is 316 Å². The van der Waals surface area contributed by atoms with Crippen LogP contribution in [0.1, 0.15) is 40.2 Å². The van der Waals surface area contributed by atoms with E-state index in [1.165, 1.54) is 19.2 Å². The first-order chi connectivity index (χ1) is 25.4. The van der Waals surface area contributed by atoms with Gasteiger partial charge in [0, 0.05) is 27.0 Å². The van der Waals surface area contributed by atoms with E-state index in [-0.39, 0.29) is 46.8 Å². The van der Waals surface area contributed by atoms with Crippen molar-refractivity contribution in [1.29, 1.82) is 0 Å². The van der Waals surface area contributed by atoms with Crippen LogP contribution in [0.15, 0.2) is 101 Å². The van der Waals surface area contributed by atoms with Crippen molar-refractivity contribution < 1.29 is 44.0 Å². The SMILES string of the molecule is COc1cc(Br)cc(C2C3=CCC4C(=O)N(c5ccc(C(=O)O)c(O)c5)C(=O)C4C3CC3C(=O)N(c4cccc(Cl)c4)C(=O)C32c2ccccc2)c1O. The van der Waals surface area contributed by atoms with Gasteiger partial charge in [0.05, 0.1) is 41.7 Å². The van der Waals surface area contributed by atoms with Gasteiger partial charge >= 0.3 is 5.97 Å². The van der Waals surface area contributed by atoms with Crippen LogP contribution in [0.3, 0.4) is 0 Å². The zero-order valence-electron chi connectivity index (χ0n) is 27.9. The molecule has 1 saturated carbocycles. The number of methoxy groups -OCH3 is 1. The number of anilines is 2. The first kappa shape index (κ1) is 34.6. The van der Waals surface area contributed by atoms with E-state index in [0.29, 0.717) is 20.6 Å². The van der Waals surface area contributed by atoms with E-state index in [2.05, 4.69) is 15.9 Å². The fourth-order valence-corrected chi connectivity index (χ4v) is 9.79. The maximum absolute atomic E-state index is 15.4. The summed E-state index contributed by atoms with van der Waals surface area (Å²) < 4.78 is 6.08. The van der Waals surface area contributed by atoms with Gasteiger partial charge < -0.3 is 20.1 Å². The van der Waals surface area contributed by atoms with Crippen LogP contribution in [0, 0.1) is 23.7 Å². The van der Waals surface area contributed by atoms with E-state index in [1.54, 1.807) is 60.7 Å². The number of imide groups is 2. The number of hydrogen-bond donors (Lipinski definition) is 3. The van der Waals surface area contributed by atoms with Crippen molar-refractivity contribution in [3.8, 4) is 17.2 Å². The van der Waals surface area contributed by atoms with Crippen LogP contribution in [0.2, 0.25) is 5.02 Å². The van der Waals surface area contributed by atoms with E-state index in [0.717, 1.165) is 21.9 Å². The number of carbonyl (C=O) groups excluding carboxylic acids is 4. The number of halogens is 2. The molecule has 268 valence electrons. The van der Waals surface area contributed by atoms with E-state index < -0.39 is 70.4 Å². The molecule has 3 fully saturated rings. The number of hydrogen-bond acceptors (Lipinski definition) is 8. The number of carboxylic acids is 1. The molecule has 2 saturated heterocycles. The second kappa shape index (κ2) is 12.6. The van der Waals surface area contributed by atoms with Crippen molar-refractivity contribution in [2.45, 2.75) is 24.2 Å². The summed E-state index contributed by atoms with van der Waals surface area (Å²) in [6.45, 7) is 0. The molecule has 6 atom stereocenters. The molecule has 0 aromatic heterocycles. The van der Waals surface area contributed by atoms with Crippen LogP contribution in [0.25, 0.3) is 0 Å². The molecule has 0 spiro atoms. The predicted molar refractivity (Wildman–Crippen MR) is 196 cm³/mol. The Morgan fingerprint density at radius 3 is 2.28 bits per heavy atom. The highest BCUT2D eigenvalue weighted by molar-refractivity contribution is 9.10. The number of ether oxygens (including phenoxy) is 1. The minimum atomic E-state index is -1.62. The van der Waals surface area contributed by atoms with Crippen molar-refractivity contribution in [2.24, 2.45) is 23.7 Å². The number of aromatic carboxylic acids is 1. The van der Waals surface area contributed by atoms with Crippen molar-refractivity contribution in [1.82, 2.24) is 0 Å². The van der Waals surface area contributed by atoms with Gasteiger partial charge in [-0.2, -0.15) is 0 Å². The fraction of sp³-hybridized carbons (Fsp3) is 0.225. The van der Waals surface area contributed by atoms with E-state index >= 15 is 4.79 Å². The maximum atomic E-state index is 15.4. The molecule has 2 aliphatic carbocycles. The average molecular weight is 798 g/mol. The third kappa shape index (κ3) is 4.95. The molecule has 11 nitrogen and oxygen atoms in total. The number of fused-ring (bicyclic) bond motifs is 4. The summed E-state index contributed by atoms with van der Waals surface area (Å²) in [5, 5.41) is 32.1. The number of nitrogens with zero attached hydrogens (tertiary/aromatic N) is 2. The van der Waals surface area contributed by atoms with Crippen molar-refractivity contribution in [3.05, 3.63) is 123 Å². The van der Waals surface area contributed by atoms with Gasteiger partial charge in [0.15, 0.2) is 11.5 Å². The van der Waals surface area contributed by atoms with E-state index in [4.69, 9.17) is 16.3 Å². The third-order valence-corrected chi connectivity index (χ3v) is 11.9. The summed E-state index contributed by atoms with van der Waals surface area (Å²) in [7, 11) is 1.40. The number of phenols is 2. The standard InChI is InChI=1S/C40H30BrClN2O9/c1-53-31-15-20(41)14-28(34(31)46)33-24-12-13-26-32(37(49)43(35(26)47)23-10-11-25(38(50)51)30(45)17-23)27(24)18-29-36(48)44(22-9-5-8-21(42)16-22)39(52)40(29,33)19-6-3-2-4-7-19/h2-12,14-17,26-27,29,32-33,45-46H,13,18H2,1H3,(H,50,51). The summed E-state index contributed by atoms with van der Waals surface area (Å²) in [6.07, 6.45) is 1.97. The lowest BCUT2D eigenvalue weighted by Crippen LogP contribution is -2.53. The fourth-order valence-electron chi connectivity index (χ4n) is 9.15. The van der Waals surface area contributed by atoms with E-state index in [9.17, 15) is 34.5 Å². The van der Waals surface area contributed by atoms with Crippen LogP contribution in [0.5, 0.6) is 17.2 Å². The third-order valence-electron chi connectivity index (χ3n) is 11.2. The lowest BCUT2D eigenvalue weighted by atomic mass is 9.49. The zero-order valence-corrected chi connectivity index (χ0v) is 30.2. The van der Waals surface area contributed by atoms with Crippen LogP contribution in [0.4, 0.5) is 11.4 Å². The summed E-state index contributed by atoms with van der Waals surface area (Å²) in [4.78, 5) is 72.6. The molecular formula is C40H30BrClN2O9. The van der Waals surface area contributed by atoms with Crippen molar-refractivity contribution in [2.75, 3.05) is 16.9 Å². The second-order valence-corrected chi connectivity index (χ2v) is 15.0. The molecule has 4 aromatic carbocycles. The van der Waals surface area contributed by atoms with Gasteiger partial charge in [-0.1, -0.05) is 75.6 Å². The minimum absolute atomic E-state index is 0.0121. The Hall–Kier alpha value is -5.46. The average Bonchev–Trinajstić information content (AvgIpc) is 3.53. The number of phenolic OH excluding ortho intramolecular Hbond substituents is 1. The number of aromatic hydroxyl groups is 2. The highest BCUT2D eigenvalue weighted by atomic mass is 79.9. The zero-order chi connectivity index (χ0) is 37.5. The number of allylic oxidation sites excluding steroid dienone is 2. The number of carbonyl (C=O) groups is 5. The predicted octanol–water partition coefficient (Wildman–Crippen LogP) is 6.59. The Morgan fingerprint density at radius 2 is 1.60 bits per heavy atom. The van der Waals surface area contributed by atoms with Gasteiger partial charge in [-0.25, -0.2) is 14.6 Å². The molecule has 2 aliphatic heterocycles. The lowest BCUT2D eigenvalue weighted by molar-refractivity contribution is -0.127. The number of rotatable bonds is 6. The van der Waals surface area contributed by atoms with Gasteiger partial charge in [0.25, 0.3) is 0 Å². The van der Waals surface area contributed by atoms with E-state index in [1.807, 2.05) is 6.08 Å². The normalized spacial score (nSPS) is 26.2. The van der Waals surface area contributed by atoms with Crippen LogP contribution < -0.4 is 14.5 Å². The van der Waals surface area contributed by atoms with Crippen molar-refractivity contribution in [3.63, 3.8) is 0 Å². The highest BCUT2D eigenvalue weighted by Crippen LogP contribution is 2.66. The first-order valence-electron chi connectivity index (χ1n) is 16.8. The number of benzene rings is 4. The minimum Gasteiger partial charge on any atom is -0.507 e. The molecule has 13 heteroatoms. The summed E-state index contributed by atoms with van der Waals surface area (Å²) in [5.41, 5.74) is -0.299. The maximum Gasteiger partial charge on any atom is 0.339 e. The van der Waals surface area contributed by atoms with Crippen LogP contribution >= 0.6 is 27.5 Å². The molecule has 4 amide bonds. The summed E-state index contributed by atoms with van der Waals surface area (Å²) in [5.74, 6) is -8.91. The Kier molecular flexibility index (Phi) is 8.23.